The van der Waals surface area contributed by atoms with E-state index in [1.807, 2.05) is 0 Å². The molecule has 17 heavy (non-hydrogen) atoms. The van der Waals surface area contributed by atoms with Gasteiger partial charge in [0.1, 0.15) is 5.15 Å². The number of halogens is 1. The lowest BCUT2D eigenvalue weighted by Crippen LogP contribution is -2.25. The van der Waals surface area contributed by atoms with Gasteiger partial charge in [-0.15, -0.1) is 0 Å². The fraction of sp³-hybridized carbons (Fsp3) is 0.364. The Kier molecular flexibility index (Phi) is 3.28. The summed E-state index contributed by atoms with van der Waals surface area (Å²) in [5, 5.41) is 9.24. The molecular weight excluding hydrogens is 244 g/mol. The Hall–Kier alpha value is -1.62. The van der Waals surface area contributed by atoms with E-state index in [-0.39, 0.29) is 18.9 Å². The molecule has 1 amide bonds. The highest BCUT2D eigenvalue weighted by Gasteiger charge is 2.33. The molecule has 2 heterocycles. The summed E-state index contributed by atoms with van der Waals surface area (Å²) in [5.41, 5.74) is 0.841. The number of carbonyl (C=O) groups excluding carboxylic acids is 1. The molecule has 1 saturated heterocycles. The molecule has 1 unspecified atom stereocenters. The highest BCUT2D eigenvalue weighted by atomic mass is 35.5. The van der Waals surface area contributed by atoms with Gasteiger partial charge < -0.3 is 10.0 Å². The van der Waals surface area contributed by atoms with Crippen molar-refractivity contribution in [2.75, 3.05) is 6.54 Å². The molecule has 6 heteroatoms. The van der Waals surface area contributed by atoms with Crippen LogP contribution in [0.25, 0.3) is 0 Å². The lowest BCUT2D eigenvalue weighted by molar-refractivity contribution is -0.141. The van der Waals surface area contributed by atoms with Crippen LogP contribution in [0.1, 0.15) is 12.0 Å². The van der Waals surface area contributed by atoms with Gasteiger partial charge in [0.15, 0.2) is 0 Å². The zero-order chi connectivity index (χ0) is 12.4. The van der Waals surface area contributed by atoms with Crippen LogP contribution in [0.15, 0.2) is 18.3 Å². The number of aromatic nitrogens is 1. The molecule has 2 rings (SSSR count). The van der Waals surface area contributed by atoms with Gasteiger partial charge in [-0.1, -0.05) is 17.7 Å². The fourth-order valence-electron chi connectivity index (χ4n) is 1.81. The molecule has 0 bridgehead atoms. The molecule has 1 fully saturated rings. The maximum Gasteiger partial charge on any atom is 0.308 e. The summed E-state index contributed by atoms with van der Waals surface area (Å²) in [5.74, 6) is -1.65. The Labute approximate surface area is 103 Å². The van der Waals surface area contributed by atoms with Crippen molar-refractivity contribution in [3.8, 4) is 0 Å². The summed E-state index contributed by atoms with van der Waals surface area (Å²) in [6, 6.07) is 3.42. The van der Waals surface area contributed by atoms with Gasteiger partial charge in [-0.05, 0) is 11.6 Å². The summed E-state index contributed by atoms with van der Waals surface area (Å²) in [7, 11) is 0. The van der Waals surface area contributed by atoms with Gasteiger partial charge in [0.05, 0.1) is 5.92 Å². The quantitative estimate of drug-likeness (QED) is 0.822. The van der Waals surface area contributed by atoms with Gasteiger partial charge in [-0.2, -0.15) is 0 Å². The first-order valence-corrected chi connectivity index (χ1v) is 5.55. The minimum absolute atomic E-state index is 0.0797. The summed E-state index contributed by atoms with van der Waals surface area (Å²) in [6.45, 7) is 0.642. The van der Waals surface area contributed by atoms with Crippen LogP contribution in [0.4, 0.5) is 0 Å². The molecular formula is C11H11ClN2O3. The number of pyridine rings is 1. The summed E-state index contributed by atoms with van der Waals surface area (Å²) in [6.07, 6.45) is 1.67. The number of hydrogen-bond donors (Lipinski definition) is 1. The topological polar surface area (TPSA) is 70.5 Å². The SMILES string of the molecule is O=C(O)C1CC(=O)N(Cc2ccc(Cl)nc2)C1. The minimum atomic E-state index is -0.921. The molecule has 1 atom stereocenters. The molecule has 0 radical (unpaired) electrons. The zero-order valence-corrected chi connectivity index (χ0v) is 9.72. The predicted octanol–water partition coefficient (Wildman–Crippen LogP) is 1.17. The van der Waals surface area contributed by atoms with E-state index in [2.05, 4.69) is 4.98 Å². The number of carboxylic acids is 1. The molecule has 0 aliphatic carbocycles. The van der Waals surface area contributed by atoms with Crippen molar-refractivity contribution in [2.45, 2.75) is 13.0 Å². The lowest BCUT2D eigenvalue weighted by Gasteiger charge is -2.15. The Morgan fingerprint density at radius 3 is 2.88 bits per heavy atom. The summed E-state index contributed by atoms with van der Waals surface area (Å²) >= 11 is 5.65. The smallest absolute Gasteiger partial charge is 0.308 e. The fourth-order valence-corrected chi connectivity index (χ4v) is 1.92. The van der Waals surface area contributed by atoms with Crippen LogP contribution in [-0.2, 0) is 16.1 Å². The number of nitrogens with zero attached hydrogens (tertiary/aromatic N) is 2. The van der Waals surface area contributed by atoms with E-state index in [4.69, 9.17) is 16.7 Å². The molecule has 0 saturated carbocycles. The van der Waals surface area contributed by atoms with E-state index in [0.29, 0.717) is 11.7 Å². The van der Waals surface area contributed by atoms with E-state index in [1.165, 1.54) is 4.90 Å². The zero-order valence-electron chi connectivity index (χ0n) is 8.97. The summed E-state index contributed by atoms with van der Waals surface area (Å²) < 4.78 is 0. The number of hydrogen-bond acceptors (Lipinski definition) is 3. The average Bonchev–Trinajstić information content (AvgIpc) is 2.64. The first-order chi connectivity index (χ1) is 8.06. The average molecular weight is 255 g/mol. The third-order valence-corrected chi connectivity index (χ3v) is 2.95. The van der Waals surface area contributed by atoms with Crippen molar-refractivity contribution in [3.05, 3.63) is 29.0 Å². The van der Waals surface area contributed by atoms with Crippen LogP contribution < -0.4 is 0 Å². The highest BCUT2D eigenvalue weighted by molar-refractivity contribution is 6.29. The molecule has 1 aromatic rings. The van der Waals surface area contributed by atoms with Crippen LogP contribution in [0.5, 0.6) is 0 Å². The monoisotopic (exact) mass is 254 g/mol. The van der Waals surface area contributed by atoms with Crippen molar-refractivity contribution in [1.29, 1.82) is 0 Å². The molecule has 0 spiro atoms. The third kappa shape index (κ3) is 2.74. The first-order valence-electron chi connectivity index (χ1n) is 5.17. The molecule has 1 aliphatic heterocycles. The Morgan fingerprint density at radius 1 is 1.59 bits per heavy atom. The van der Waals surface area contributed by atoms with Gasteiger partial charge in [0, 0.05) is 25.7 Å². The normalized spacial score (nSPS) is 19.7. The Balaban J connectivity index is 2.02. The summed E-state index contributed by atoms with van der Waals surface area (Å²) in [4.78, 5) is 27.8. The lowest BCUT2D eigenvalue weighted by atomic mass is 10.1. The van der Waals surface area contributed by atoms with Crippen molar-refractivity contribution < 1.29 is 14.7 Å². The maximum absolute atomic E-state index is 11.6. The van der Waals surface area contributed by atoms with E-state index in [9.17, 15) is 9.59 Å². The largest absolute Gasteiger partial charge is 0.481 e. The van der Waals surface area contributed by atoms with Gasteiger partial charge in [0.25, 0.3) is 0 Å². The highest BCUT2D eigenvalue weighted by Crippen LogP contribution is 2.20. The molecule has 1 aliphatic rings. The van der Waals surface area contributed by atoms with Gasteiger partial charge >= 0.3 is 5.97 Å². The number of rotatable bonds is 3. The van der Waals surface area contributed by atoms with Crippen LogP contribution in [0.2, 0.25) is 5.15 Å². The van der Waals surface area contributed by atoms with Crippen LogP contribution >= 0.6 is 11.6 Å². The Bertz CT molecular complexity index is 447. The van der Waals surface area contributed by atoms with Crippen molar-refractivity contribution in [2.24, 2.45) is 5.92 Å². The van der Waals surface area contributed by atoms with Crippen LogP contribution in [-0.4, -0.2) is 33.4 Å². The maximum atomic E-state index is 11.6. The van der Waals surface area contributed by atoms with Gasteiger partial charge in [0.2, 0.25) is 5.91 Å². The standard InChI is InChI=1S/C11H11ClN2O3/c12-9-2-1-7(4-13-9)5-14-6-8(11(16)17)3-10(14)15/h1-2,4,8H,3,5-6H2,(H,16,17). The van der Waals surface area contributed by atoms with E-state index >= 15 is 0 Å². The van der Waals surface area contributed by atoms with Gasteiger partial charge in [-0.25, -0.2) is 4.98 Å². The molecule has 1 N–H and O–H groups in total. The second-order valence-electron chi connectivity index (χ2n) is 4.00. The second kappa shape index (κ2) is 4.71. The number of aliphatic carboxylic acids is 1. The molecule has 5 nitrogen and oxygen atoms in total. The van der Waals surface area contributed by atoms with Crippen molar-refractivity contribution in [3.63, 3.8) is 0 Å². The van der Waals surface area contributed by atoms with Gasteiger partial charge in [-0.3, -0.25) is 9.59 Å². The van der Waals surface area contributed by atoms with Crippen LogP contribution in [0.3, 0.4) is 0 Å². The van der Waals surface area contributed by atoms with Crippen molar-refractivity contribution in [1.82, 2.24) is 9.88 Å². The minimum Gasteiger partial charge on any atom is -0.481 e. The number of carbonyl (C=O) groups is 2. The molecule has 90 valence electrons. The van der Waals surface area contributed by atoms with E-state index < -0.39 is 11.9 Å². The first kappa shape index (κ1) is 11.9. The number of amides is 1. The number of likely N-dealkylation sites (tertiary alicyclic amines) is 1. The second-order valence-corrected chi connectivity index (χ2v) is 4.39. The predicted molar refractivity (Wildman–Crippen MR) is 60.4 cm³/mol. The Morgan fingerprint density at radius 2 is 2.35 bits per heavy atom. The van der Waals surface area contributed by atoms with Crippen molar-refractivity contribution >= 4 is 23.5 Å². The third-order valence-electron chi connectivity index (χ3n) is 2.73. The van der Waals surface area contributed by atoms with Crippen LogP contribution in [0, 0.1) is 5.92 Å². The molecule has 1 aromatic heterocycles. The molecule has 0 aromatic carbocycles. The van der Waals surface area contributed by atoms with E-state index in [0.717, 1.165) is 5.56 Å². The van der Waals surface area contributed by atoms with E-state index in [1.54, 1.807) is 18.3 Å². The number of carboxylic acid groups (broad SMARTS) is 1.